The first-order valence-corrected chi connectivity index (χ1v) is 7.56. The van der Waals surface area contributed by atoms with Crippen LogP contribution in [0.4, 0.5) is 0 Å². The van der Waals surface area contributed by atoms with Crippen LogP contribution in [-0.2, 0) is 6.42 Å². The van der Waals surface area contributed by atoms with Gasteiger partial charge >= 0.3 is 0 Å². The van der Waals surface area contributed by atoms with Gasteiger partial charge in [0.1, 0.15) is 0 Å². The normalized spacial score (nSPS) is 14.6. The molecule has 0 bridgehead atoms. The summed E-state index contributed by atoms with van der Waals surface area (Å²) >= 11 is 1.63. The molecule has 0 aliphatic carbocycles. The van der Waals surface area contributed by atoms with Crippen LogP contribution in [0.15, 0.2) is 35.7 Å². The minimum Gasteiger partial charge on any atom is -0.390 e. The van der Waals surface area contributed by atoms with Crippen LogP contribution in [0.3, 0.4) is 0 Å². The first-order chi connectivity index (χ1) is 8.96. The Hall–Kier alpha value is -1.19. The van der Waals surface area contributed by atoms with E-state index in [1.807, 2.05) is 25.1 Å². The summed E-state index contributed by atoms with van der Waals surface area (Å²) in [7, 11) is 0. The van der Waals surface area contributed by atoms with Gasteiger partial charge in [-0.05, 0) is 19.3 Å². The third kappa shape index (κ3) is 4.15. The lowest BCUT2D eigenvalue weighted by Gasteiger charge is -2.24. The minimum atomic E-state index is -0.667. The molecule has 0 amide bonds. The third-order valence-electron chi connectivity index (χ3n) is 3.00. The summed E-state index contributed by atoms with van der Waals surface area (Å²) in [4.78, 5) is 4.63. The third-order valence-corrected chi connectivity index (χ3v) is 3.85. The van der Waals surface area contributed by atoms with E-state index in [0.29, 0.717) is 12.3 Å². The quantitative estimate of drug-likeness (QED) is 0.889. The molecule has 1 atom stereocenters. The zero-order valence-electron chi connectivity index (χ0n) is 11.8. The summed E-state index contributed by atoms with van der Waals surface area (Å²) in [6.45, 7) is 6.16. The van der Waals surface area contributed by atoms with Gasteiger partial charge in [0, 0.05) is 17.4 Å². The number of aliphatic hydroxyl groups is 1. The molecule has 1 aromatic carbocycles. The highest BCUT2D eigenvalue weighted by molar-refractivity contribution is 7.09. The molecule has 2 rings (SSSR count). The van der Waals surface area contributed by atoms with Crippen LogP contribution in [-0.4, -0.2) is 15.7 Å². The fourth-order valence-corrected chi connectivity index (χ4v) is 3.39. The lowest BCUT2D eigenvalue weighted by molar-refractivity contribution is 0.0388. The first-order valence-electron chi connectivity index (χ1n) is 6.68. The lowest BCUT2D eigenvalue weighted by atomic mass is 9.91. The van der Waals surface area contributed by atoms with Crippen LogP contribution in [0.5, 0.6) is 0 Å². The molecule has 3 heteroatoms. The van der Waals surface area contributed by atoms with Crippen LogP contribution in [0, 0.1) is 5.92 Å². The van der Waals surface area contributed by atoms with Gasteiger partial charge in [-0.1, -0.05) is 44.2 Å². The molecule has 102 valence electrons. The molecular weight excluding hydrogens is 254 g/mol. The number of thiazole rings is 1. The van der Waals surface area contributed by atoms with E-state index >= 15 is 0 Å². The van der Waals surface area contributed by atoms with E-state index in [4.69, 9.17) is 0 Å². The van der Waals surface area contributed by atoms with Crippen molar-refractivity contribution in [3.8, 4) is 11.3 Å². The molecule has 0 spiro atoms. The minimum absolute atomic E-state index is 0.489. The smallest absolute Gasteiger partial charge is 0.0961 e. The highest BCUT2D eigenvalue weighted by Gasteiger charge is 2.24. The van der Waals surface area contributed by atoms with E-state index in [1.54, 1.807) is 11.3 Å². The maximum absolute atomic E-state index is 10.4. The molecule has 0 aliphatic rings. The van der Waals surface area contributed by atoms with Gasteiger partial charge in [0.2, 0.25) is 0 Å². The van der Waals surface area contributed by atoms with E-state index in [1.165, 1.54) is 0 Å². The molecule has 1 N–H and O–H groups in total. The van der Waals surface area contributed by atoms with Crippen LogP contribution in [0.2, 0.25) is 0 Å². The molecule has 0 aliphatic heterocycles. The van der Waals surface area contributed by atoms with Gasteiger partial charge in [-0.25, -0.2) is 4.98 Å². The van der Waals surface area contributed by atoms with Crippen molar-refractivity contribution >= 4 is 11.3 Å². The molecule has 0 radical (unpaired) electrons. The van der Waals surface area contributed by atoms with Crippen LogP contribution >= 0.6 is 11.3 Å². The summed E-state index contributed by atoms with van der Waals surface area (Å²) in [6.07, 6.45) is 1.43. The molecule has 1 heterocycles. The molecule has 0 saturated carbocycles. The van der Waals surface area contributed by atoms with Crippen LogP contribution < -0.4 is 0 Å². The first kappa shape index (κ1) is 14.2. The van der Waals surface area contributed by atoms with E-state index < -0.39 is 5.60 Å². The van der Waals surface area contributed by atoms with E-state index in [-0.39, 0.29) is 0 Å². The molecule has 2 nitrogen and oxygen atoms in total. The number of nitrogens with zero attached hydrogens (tertiary/aromatic N) is 1. The average molecular weight is 275 g/mol. The second-order valence-corrected chi connectivity index (χ2v) is 6.71. The van der Waals surface area contributed by atoms with Crippen molar-refractivity contribution in [2.24, 2.45) is 5.92 Å². The number of aromatic nitrogens is 1. The Balaban J connectivity index is 2.10. The monoisotopic (exact) mass is 275 g/mol. The van der Waals surface area contributed by atoms with E-state index in [2.05, 4.69) is 36.3 Å². The Bertz CT molecular complexity index is 517. The van der Waals surface area contributed by atoms with E-state index in [9.17, 15) is 5.11 Å². The maximum atomic E-state index is 10.4. The SMILES string of the molecule is CC(C)CC(C)(O)Cc1nc(-c2ccccc2)cs1. The van der Waals surface area contributed by atoms with Crippen molar-refractivity contribution in [1.29, 1.82) is 0 Å². The molecule has 1 aromatic heterocycles. The summed E-state index contributed by atoms with van der Waals surface area (Å²) < 4.78 is 0. The summed E-state index contributed by atoms with van der Waals surface area (Å²) in [5.41, 5.74) is 1.47. The standard InChI is InChI=1S/C16H21NOS/c1-12(2)9-16(3,18)10-15-17-14(11-19-15)13-7-5-4-6-8-13/h4-8,11-12,18H,9-10H2,1-3H3. The summed E-state index contributed by atoms with van der Waals surface area (Å²) in [6, 6.07) is 10.2. The molecule has 0 saturated heterocycles. The number of rotatable bonds is 5. The maximum Gasteiger partial charge on any atom is 0.0961 e. The van der Waals surface area contributed by atoms with Gasteiger partial charge in [0.25, 0.3) is 0 Å². The van der Waals surface area contributed by atoms with Crippen LogP contribution in [0.25, 0.3) is 11.3 Å². The largest absolute Gasteiger partial charge is 0.390 e. The van der Waals surface area contributed by atoms with Crippen molar-refractivity contribution in [2.45, 2.75) is 39.2 Å². The Morgan fingerprint density at radius 3 is 2.58 bits per heavy atom. The molecule has 0 fully saturated rings. The van der Waals surface area contributed by atoms with Crippen molar-refractivity contribution in [1.82, 2.24) is 4.98 Å². The molecule has 19 heavy (non-hydrogen) atoms. The summed E-state index contributed by atoms with van der Waals surface area (Å²) in [5.74, 6) is 0.489. The molecule has 2 aromatic rings. The van der Waals surface area contributed by atoms with Crippen molar-refractivity contribution in [2.75, 3.05) is 0 Å². The molecule has 1 unspecified atom stereocenters. The fraction of sp³-hybridized carbons (Fsp3) is 0.438. The van der Waals surface area contributed by atoms with Crippen molar-refractivity contribution in [3.63, 3.8) is 0 Å². The van der Waals surface area contributed by atoms with Gasteiger partial charge in [0.05, 0.1) is 16.3 Å². The van der Waals surface area contributed by atoms with Gasteiger partial charge < -0.3 is 5.11 Å². The van der Waals surface area contributed by atoms with Gasteiger partial charge in [0.15, 0.2) is 0 Å². The number of hydrogen-bond acceptors (Lipinski definition) is 3. The second-order valence-electron chi connectivity index (χ2n) is 5.76. The predicted molar refractivity (Wildman–Crippen MR) is 81.3 cm³/mol. The highest BCUT2D eigenvalue weighted by Crippen LogP contribution is 2.26. The van der Waals surface area contributed by atoms with Gasteiger partial charge in [-0.3, -0.25) is 0 Å². The highest BCUT2D eigenvalue weighted by atomic mass is 32.1. The zero-order valence-corrected chi connectivity index (χ0v) is 12.6. The van der Waals surface area contributed by atoms with Gasteiger partial charge in [-0.2, -0.15) is 0 Å². The Morgan fingerprint density at radius 2 is 1.95 bits per heavy atom. The Kier molecular flexibility index (Phi) is 4.38. The lowest BCUT2D eigenvalue weighted by Crippen LogP contribution is -2.29. The fourth-order valence-electron chi connectivity index (χ4n) is 2.41. The van der Waals surface area contributed by atoms with Gasteiger partial charge in [-0.15, -0.1) is 11.3 Å². The predicted octanol–water partition coefficient (Wildman–Crippen LogP) is 4.15. The molecular formula is C16H21NOS. The number of hydrogen-bond donors (Lipinski definition) is 1. The summed E-state index contributed by atoms with van der Waals surface area (Å²) in [5, 5.41) is 13.5. The second kappa shape index (κ2) is 5.85. The van der Waals surface area contributed by atoms with Crippen molar-refractivity contribution < 1.29 is 5.11 Å². The Labute approximate surface area is 119 Å². The average Bonchev–Trinajstić information content (AvgIpc) is 2.76. The topological polar surface area (TPSA) is 33.1 Å². The zero-order chi connectivity index (χ0) is 13.9. The van der Waals surface area contributed by atoms with Crippen LogP contribution in [0.1, 0.15) is 32.2 Å². The van der Waals surface area contributed by atoms with E-state index in [0.717, 1.165) is 22.7 Å². The number of benzene rings is 1. The Morgan fingerprint density at radius 1 is 1.26 bits per heavy atom. The van der Waals surface area contributed by atoms with Crippen molar-refractivity contribution in [3.05, 3.63) is 40.7 Å².